The molecule has 1 fully saturated rings. The van der Waals surface area contributed by atoms with Gasteiger partial charge in [0.2, 0.25) is 0 Å². The Bertz CT molecular complexity index is 61.0. The zero-order valence-corrected chi connectivity index (χ0v) is 4.70. The minimum Gasteiger partial charge on any atom is -0.329 e. The summed E-state index contributed by atoms with van der Waals surface area (Å²) in [5, 5.41) is 3.25. The molecule has 1 unspecified atom stereocenters. The lowest BCUT2D eigenvalue weighted by atomic mass is 9.91. The van der Waals surface area contributed by atoms with Crippen LogP contribution in [0.1, 0.15) is 13.3 Å². The maximum absolute atomic E-state index is 5.41. The quantitative estimate of drug-likeness (QED) is 0.474. The number of rotatable bonds is 1. The van der Waals surface area contributed by atoms with Crippen LogP contribution in [0.4, 0.5) is 0 Å². The summed E-state index contributed by atoms with van der Waals surface area (Å²) in [7, 11) is 0. The van der Waals surface area contributed by atoms with Crippen LogP contribution in [-0.4, -0.2) is 18.6 Å². The van der Waals surface area contributed by atoms with Crippen LogP contribution >= 0.6 is 0 Å². The Kier molecular flexibility index (Phi) is 1.05. The summed E-state index contributed by atoms with van der Waals surface area (Å²) < 4.78 is 0. The maximum Gasteiger partial charge on any atom is 0.0287 e. The van der Waals surface area contributed by atoms with Gasteiger partial charge >= 0.3 is 0 Å². The van der Waals surface area contributed by atoms with Gasteiger partial charge in [-0.25, -0.2) is 0 Å². The summed E-state index contributed by atoms with van der Waals surface area (Å²) in [5.74, 6) is 0. The second kappa shape index (κ2) is 1.46. The average molecular weight is 100 g/mol. The molecule has 0 aromatic heterocycles. The van der Waals surface area contributed by atoms with Crippen molar-refractivity contribution >= 4 is 0 Å². The van der Waals surface area contributed by atoms with Gasteiger partial charge in [-0.1, -0.05) is 0 Å². The molecule has 3 N–H and O–H groups in total. The van der Waals surface area contributed by atoms with E-state index in [4.69, 9.17) is 5.73 Å². The number of hydrogen-bond donors (Lipinski definition) is 2. The van der Waals surface area contributed by atoms with Crippen molar-refractivity contribution in [3.63, 3.8) is 0 Å². The van der Waals surface area contributed by atoms with Crippen molar-refractivity contribution in [2.75, 3.05) is 13.1 Å². The molecule has 0 bridgehead atoms. The van der Waals surface area contributed by atoms with Crippen molar-refractivity contribution in [1.82, 2.24) is 5.32 Å². The van der Waals surface area contributed by atoms with E-state index in [-0.39, 0.29) is 0 Å². The van der Waals surface area contributed by atoms with E-state index >= 15 is 0 Å². The Balaban J connectivity index is 2.29. The summed E-state index contributed by atoms with van der Waals surface area (Å²) in [6.45, 7) is 4.07. The van der Waals surface area contributed by atoms with Crippen LogP contribution in [0.25, 0.3) is 0 Å². The van der Waals surface area contributed by atoms with Crippen molar-refractivity contribution in [3.8, 4) is 0 Å². The fourth-order valence-corrected chi connectivity index (χ4v) is 0.726. The SMILES string of the molecule is CC1(CN)CCN1. The van der Waals surface area contributed by atoms with Gasteiger partial charge in [0, 0.05) is 12.1 Å². The first-order valence-corrected chi connectivity index (χ1v) is 2.72. The Labute approximate surface area is 44.1 Å². The van der Waals surface area contributed by atoms with Crippen LogP contribution in [0.2, 0.25) is 0 Å². The summed E-state index contributed by atoms with van der Waals surface area (Å²) >= 11 is 0. The van der Waals surface area contributed by atoms with Crippen molar-refractivity contribution in [2.45, 2.75) is 18.9 Å². The first-order chi connectivity index (χ1) is 3.27. The third-order valence-electron chi connectivity index (χ3n) is 1.68. The zero-order valence-electron chi connectivity index (χ0n) is 4.70. The molecule has 0 aliphatic carbocycles. The lowest BCUT2D eigenvalue weighted by Crippen LogP contribution is -2.59. The average Bonchev–Trinajstić information content (AvgIpc) is 1.61. The van der Waals surface area contributed by atoms with Gasteiger partial charge in [-0.2, -0.15) is 0 Å². The third kappa shape index (κ3) is 0.763. The van der Waals surface area contributed by atoms with Crippen molar-refractivity contribution < 1.29 is 0 Å². The van der Waals surface area contributed by atoms with Crippen molar-refractivity contribution in [2.24, 2.45) is 5.73 Å². The molecule has 0 amide bonds. The Morgan fingerprint density at radius 1 is 1.86 bits per heavy atom. The van der Waals surface area contributed by atoms with Gasteiger partial charge in [-0.3, -0.25) is 0 Å². The number of nitrogens with one attached hydrogen (secondary N) is 1. The summed E-state index contributed by atoms with van der Waals surface area (Å²) in [4.78, 5) is 0. The van der Waals surface area contributed by atoms with Crippen LogP contribution in [-0.2, 0) is 0 Å². The molecule has 0 radical (unpaired) electrons. The van der Waals surface area contributed by atoms with Gasteiger partial charge in [0.05, 0.1) is 0 Å². The molecular weight excluding hydrogens is 88.1 g/mol. The van der Waals surface area contributed by atoms with E-state index in [9.17, 15) is 0 Å². The Hall–Kier alpha value is -0.0800. The van der Waals surface area contributed by atoms with Crippen molar-refractivity contribution in [3.05, 3.63) is 0 Å². The highest BCUT2D eigenvalue weighted by Crippen LogP contribution is 2.14. The van der Waals surface area contributed by atoms with E-state index < -0.39 is 0 Å². The van der Waals surface area contributed by atoms with Crippen LogP contribution in [0.5, 0.6) is 0 Å². The van der Waals surface area contributed by atoms with Gasteiger partial charge in [0.15, 0.2) is 0 Å². The molecule has 1 aliphatic rings. The van der Waals surface area contributed by atoms with Gasteiger partial charge in [0.1, 0.15) is 0 Å². The van der Waals surface area contributed by atoms with E-state index in [1.54, 1.807) is 0 Å². The van der Waals surface area contributed by atoms with E-state index in [0.717, 1.165) is 13.1 Å². The predicted molar refractivity (Wildman–Crippen MR) is 30.1 cm³/mol. The van der Waals surface area contributed by atoms with Gasteiger partial charge < -0.3 is 11.1 Å². The highest BCUT2D eigenvalue weighted by atomic mass is 15.1. The third-order valence-corrected chi connectivity index (χ3v) is 1.68. The molecule has 0 aromatic rings. The fourth-order valence-electron chi connectivity index (χ4n) is 0.726. The van der Waals surface area contributed by atoms with E-state index in [1.807, 2.05) is 0 Å². The molecule has 0 saturated carbocycles. The molecule has 1 heterocycles. The van der Waals surface area contributed by atoms with Crippen LogP contribution < -0.4 is 11.1 Å². The van der Waals surface area contributed by atoms with Gasteiger partial charge in [-0.05, 0) is 19.9 Å². The Morgan fingerprint density at radius 3 is 2.43 bits per heavy atom. The topological polar surface area (TPSA) is 38.0 Å². The first kappa shape index (κ1) is 5.06. The molecule has 1 aliphatic heterocycles. The number of hydrogen-bond acceptors (Lipinski definition) is 2. The molecule has 42 valence electrons. The number of nitrogens with two attached hydrogens (primary N) is 1. The molecule has 1 atom stereocenters. The van der Waals surface area contributed by atoms with Crippen LogP contribution in [0.3, 0.4) is 0 Å². The Morgan fingerprint density at radius 2 is 2.43 bits per heavy atom. The fraction of sp³-hybridized carbons (Fsp3) is 1.00. The summed E-state index contributed by atoms with van der Waals surface area (Å²) in [5.41, 5.74) is 5.70. The molecule has 2 heteroatoms. The molecule has 7 heavy (non-hydrogen) atoms. The standard InChI is InChI=1S/C5H12N2/c1-5(4-6)2-3-7-5/h7H,2-4,6H2,1H3. The second-order valence-corrected chi connectivity index (χ2v) is 2.44. The lowest BCUT2D eigenvalue weighted by Gasteiger charge is -2.38. The normalized spacial score (nSPS) is 40.3. The minimum atomic E-state index is 0.292. The van der Waals surface area contributed by atoms with Gasteiger partial charge in [-0.15, -0.1) is 0 Å². The van der Waals surface area contributed by atoms with Gasteiger partial charge in [0.25, 0.3) is 0 Å². The van der Waals surface area contributed by atoms with E-state index in [2.05, 4.69) is 12.2 Å². The predicted octanol–water partition coefficient (Wildman–Crippen LogP) is -0.303. The first-order valence-electron chi connectivity index (χ1n) is 2.72. The molecular formula is C5H12N2. The highest BCUT2D eigenvalue weighted by molar-refractivity contribution is 4.92. The molecule has 0 aromatic carbocycles. The highest BCUT2D eigenvalue weighted by Gasteiger charge is 2.28. The molecule has 2 nitrogen and oxygen atoms in total. The minimum absolute atomic E-state index is 0.292. The molecule has 0 spiro atoms. The maximum atomic E-state index is 5.41. The van der Waals surface area contributed by atoms with Crippen LogP contribution in [0, 0.1) is 0 Å². The van der Waals surface area contributed by atoms with E-state index in [0.29, 0.717) is 5.54 Å². The summed E-state index contributed by atoms with van der Waals surface area (Å²) in [6, 6.07) is 0. The van der Waals surface area contributed by atoms with Crippen LogP contribution in [0.15, 0.2) is 0 Å². The smallest absolute Gasteiger partial charge is 0.0287 e. The lowest BCUT2D eigenvalue weighted by molar-refractivity contribution is 0.242. The van der Waals surface area contributed by atoms with E-state index in [1.165, 1.54) is 6.42 Å². The zero-order chi connectivity index (χ0) is 5.33. The monoisotopic (exact) mass is 100 g/mol. The molecule has 1 rings (SSSR count). The summed E-state index contributed by atoms with van der Waals surface area (Å²) in [6.07, 6.45) is 1.24. The molecule has 1 saturated heterocycles. The van der Waals surface area contributed by atoms with Crippen molar-refractivity contribution in [1.29, 1.82) is 0 Å². The second-order valence-electron chi connectivity index (χ2n) is 2.44. The largest absolute Gasteiger partial charge is 0.329 e.